The highest BCUT2D eigenvalue weighted by Gasteiger charge is 2.33. The number of hydrogen-bond donors (Lipinski definition) is 1. The molecule has 98 valence electrons. The lowest BCUT2D eigenvalue weighted by molar-refractivity contribution is -0.138. The molecule has 1 aliphatic carbocycles. The number of carboxylic acid groups (broad SMARTS) is 1. The quantitative estimate of drug-likeness (QED) is 0.880. The third-order valence-corrected chi connectivity index (χ3v) is 4.69. The normalized spacial score (nSPS) is 23.8. The lowest BCUT2D eigenvalue weighted by atomic mass is 10.1. The van der Waals surface area contributed by atoms with Crippen LogP contribution in [0.15, 0.2) is 0 Å². The molecule has 1 aromatic heterocycles. The minimum atomic E-state index is -0.746. The van der Waals surface area contributed by atoms with E-state index in [2.05, 4.69) is 9.88 Å². The highest BCUT2D eigenvalue weighted by molar-refractivity contribution is 7.15. The van der Waals surface area contributed by atoms with Crippen molar-refractivity contribution >= 4 is 22.4 Å². The van der Waals surface area contributed by atoms with Crippen molar-refractivity contribution in [3.63, 3.8) is 0 Å². The fourth-order valence-corrected chi connectivity index (χ4v) is 3.72. The van der Waals surface area contributed by atoms with E-state index in [4.69, 9.17) is 9.84 Å². The molecule has 0 amide bonds. The van der Waals surface area contributed by atoms with Crippen LogP contribution in [-0.4, -0.2) is 42.4 Å². The van der Waals surface area contributed by atoms with Gasteiger partial charge in [0.05, 0.1) is 12.3 Å². The SMILES string of the molecule is O=C(O)C1CCc2sc(N3CCCOCC3)nc21. The summed E-state index contributed by atoms with van der Waals surface area (Å²) >= 11 is 1.65. The highest BCUT2D eigenvalue weighted by atomic mass is 32.1. The number of rotatable bonds is 2. The Morgan fingerprint density at radius 1 is 1.44 bits per heavy atom. The van der Waals surface area contributed by atoms with Crippen LogP contribution in [0.25, 0.3) is 0 Å². The predicted octanol–water partition coefficient (Wildman–Crippen LogP) is 1.48. The Kier molecular flexibility index (Phi) is 3.22. The number of nitrogens with zero attached hydrogens (tertiary/aromatic N) is 2. The average molecular weight is 268 g/mol. The Morgan fingerprint density at radius 2 is 2.33 bits per heavy atom. The van der Waals surface area contributed by atoms with E-state index in [1.54, 1.807) is 11.3 Å². The van der Waals surface area contributed by atoms with Crippen LogP contribution in [0.4, 0.5) is 5.13 Å². The van der Waals surface area contributed by atoms with E-state index < -0.39 is 11.9 Å². The Hall–Kier alpha value is -1.14. The molecular weight excluding hydrogens is 252 g/mol. The molecule has 0 saturated carbocycles. The second-order valence-electron chi connectivity index (χ2n) is 4.69. The number of hydrogen-bond acceptors (Lipinski definition) is 5. The Morgan fingerprint density at radius 3 is 3.17 bits per heavy atom. The maximum atomic E-state index is 11.1. The molecule has 1 unspecified atom stereocenters. The smallest absolute Gasteiger partial charge is 0.312 e. The Bertz CT molecular complexity index is 452. The molecule has 2 aliphatic rings. The van der Waals surface area contributed by atoms with Crippen molar-refractivity contribution in [3.8, 4) is 0 Å². The summed E-state index contributed by atoms with van der Waals surface area (Å²) in [6, 6.07) is 0. The van der Waals surface area contributed by atoms with Crippen LogP contribution in [0.2, 0.25) is 0 Å². The van der Waals surface area contributed by atoms with E-state index in [0.717, 1.165) is 54.8 Å². The zero-order valence-electron chi connectivity index (χ0n) is 10.1. The van der Waals surface area contributed by atoms with Crippen LogP contribution < -0.4 is 4.90 Å². The molecule has 1 N–H and O–H groups in total. The number of anilines is 1. The first-order valence-corrected chi connectivity index (χ1v) is 7.12. The summed E-state index contributed by atoms with van der Waals surface area (Å²) in [5.41, 5.74) is 0.799. The van der Waals surface area contributed by atoms with Gasteiger partial charge in [0, 0.05) is 24.6 Å². The van der Waals surface area contributed by atoms with E-state index in [1.165, 1.54) is 0 Å². The summed E-state index contributed by atoms with van der Waals surface area (Å²) in [6.07, 6.45) is 2.56. The van der Waals surface area contributed by atoms with Gasteiger partial charge in [-0.15, -0.1) is 11.3 Å². The summed E-state index contributed by atoms with van der Waals surface area (Å²) in [7, 11) is 0. The fourth-order valence-electron chi connectivity index (χ4n) is 2.53. The molecule has 2 heterocycles. The van der Waals surface area contributed by atoms with E-state index >= 15 is 0 Å². The van der Waals surface area contributed by atoms with Crippen LogP contribution >= 0.6 is 11.3 Å². The number of ether oxygens (including phenoxy) is 1. The Labute approximate surface area is 109 Å². The first kappa shape index (κ1) is 11.9. The van der Waals surface area contributed by atoms with Gasteiger partial charge in [-0.25, -0.2) is 4.98 Å². The second-order valence-corrected chi connectivity index (χ2v) is 5.75. The molecule has 0 radical (unpaired) electrons. The molecule has 1 aromatic rings. The maximum Gasteiger partial charge on any atom is 0.312 e. The van der Waals surface area contributed by atoms with Crippen molar-refractivity contribution in [2.45, 2.75) is 25.2 Å². The number of fused-ring (bicyclic) bond motifs is 1. The summed E-state index contributed by atoms with van der Waals surface area (Å²) < 4.78 is 5.42. The van der Waals surface area contributed by atoms with Crippen molar-refractivity contribution in [1.29, 1.82) is 0 Å². The van der Waals surface area contributed by atoms with Gasteiger partial charge in [-0.05, 0) is 19.3 Å². The van der Waals surface area contributed by atoms with E-state index in [-0.39, 0.29) is 0 Å². The Balaban J connectivity index is 1.82. The van der Waals surface area contributed by atoms with Gasteiger partial charge in [0.25, 0.3) is 0 Å². The lowest BCUT2D eigenvalue weighted by Crippen LogP contribution is -2.25. The van der Waals surface area contributed by atoms with Crippen LogP contribution in [0, 0.1) is 0 Å². The minimum Gasteiger partial charge on any atom is -0.481 e. The minimum absolute atomic E-state index is 0.395. The zero-order chi connectivity index (χ0) is 12.5. The van der Waals surface area contributed by atoms with Crippen LogP contribution in [-0.2, 0) is 16.0 Å². The van der Waals surface area contributed by atoms with E-state index in [0.29, 0.717) is 6.42 Å². The molecule has 0 spiro atoms. The second kappa shape index (κ2) is 4.85. The van der Waals surface area contributed by atoms with Crippen molar-refractivity contribution in [2.24, 2.45) is 0 Å². The monoisotopic (exact) mass is 268 g/mol. The zero-order valence-corrected chi connectivity index (χ0v) is 10.9. The molecule has 1 aliphatic heterocycles. The van der Waals surface area contributed by atoms with Gasteiger partial charge in [-0.1, -0.05) is 0 Å². The van der Waals surface area contributed by atoms with Gasteiger partial charge in [-0.3, -0.25) is 4.79 Å². The number of aromatic nitrogens is 1. The predicted molar refractivity (Wildman–Crippen MR) is 68.5 cm³/mol. The van der Waals surface area contributed by atoms with Crippen molar-refractivity contribution in [1.82, 2.24) is 4.98 Å². The molecule has 18 heavy (non-hydrogen) atoms. The first-order chi connectivity index (χ1) is 8.75. The first-order valence-electron chi connectivity index (χ1n) is 6.31. The molecule has 3 rings (SSSR count). The largest absolute Gasteiger partial charge is 0.481 e. The van der Waals surface area contributed by atoms with Gasteiger partial charge in [0.1, 0.15) is 5.92 Å². The number of carbonyl (C=O) groups is 1. The standard InChI is InChI=1S/C12H16N2O3S/c15-11(16)8-2-3-9-10(8)13-12(18-9)14-4-1-6-17-7-5-14/h8H,1-7H2,(H,15,16). The number of carboxylic acids is 1. The van der Waals surface area contributed by atoms with Crippen LogP contribution in [0.5, 0.6) is 0 Å². The van der Waals surface area contributed by atoms with Crippen molar-refractivity contribution < 1.29 is 14.6 Å². The van der Waals surface area contributed by atoms with Crippen molar-refractivity contribution in [2.75, 3.05) is 31.2 Å². The molecule has 1 fully saturated rings. The molecule has 6 heteroatoms. The maximum absolute atomic E-state index is 11.1. The van der Waals surface area contributed by atoms with E-state index in [1.807, 2.05) is 0 Å². The summed E-state index contributed by atoms with van der Waals surface area (Å²) in [6.45, 7) is 3.33. The fraction of sp³-hybridized carbons (Fsp3) is 0.667. The molecule has 0 aromatic carbocycles. The summed E-state index contributed by atoms with van der Waals surface area (Å²) in [5, 5.41) is 10.1. The van der Waals surface area contributed by atoms with Crippen molar-refractivity contribution in [3.05, 3.63) is 10.6 Å². The molecule has 1 saturated heterocycles. The molecule has 5 nitrogen and oxygen atoms in total. The number of aliphatic carboxylic acids is 1. The number of aryl methyl sites for hydroxylation is 1. The summed E-state index contributed by atoms with van der Waals surface area (Å²) in [4.78, 5) is 19.1. The van der Waals surface area contributed by atoms with Gasteiger partial charge in [-0.2, -0.15) is 0 Å². The highest BCUT2D eigenvalue weighted by Crippen LogP contribution is 2.39. The van der Waals surface area contributed by atoms with Crippen LogP contribution in [0.3, 0.4) is 0 Å². The van der Waals surface area contributed by atoms with Gasteiger partial charge >= 0.3 is 5.97 Å². The van der Waals surface area contributed by atoms with Gasteiger partial charge < -0.3 is 14.7 Å². The summed E-state index contributed by atoms with van der Waals surface area (Å²) in [5.74, 6) is -1.14. The molecule has 0 bridgehead atoms. The van der Waals surface area contributed by atoms with Crippen LogP contribution in [0.1, 0.15) is 29.3 Å². The average Bonchev–Trinajstić information content (AvgIpc) is 2.79. The molecular formula is C12H16N2O3S. The van der Waals surface area contributed by atoms with Gasteiger partial charge in [0.2, 0.25) is 0 Å². The third-order valence-electron chi connectivity index (χ3n) is 3.50. The third kappa shape index (κ3) is 2.10. The molecule has 1 atom stereocenters. The number of thiazole rings is 1. The lowest BCUT2D eigenvalue weighted by Gasteiger charge is -2.18. The van der Waals surface area contributed by atoms with Gasteiger partial charge in [0.15, 0.2) is 5.13 Å². The topological polar surface area (TPSA) is 62.7 Å². The van der Waals surface area contributed by atoms with E-state index in [9.17, 15) is 4.79 Å².